The Kier molecular flexibility index (Phi) is 7.10. The van der Waals surface area contributed by atoms with Gasteiger partial charge >= 0.3 is 12.0 Å². The molecule has 0 unspecified atom stereocenters. The summed E-state index contributed by atoms with van der Waals surface area (Å²) < 4.78 is 4.81. The Hall–Kier alpha value is -4.63. The number of carbonyl (C=O) groups excluding carboxylic acids is 2. The molecule has 0 aliphatic carbocycles. The first-order valence-electron chi connectivity index (χ1n) is 12.3. The largest absolute Gasteiger partial charge is 0.494 e. The second-order valence-corrected chi connectivity index (χ2v) is 9.08. The van der Waals surface area contributed by atoms with E-state index in [4.69, 9.17) is 9.73 Å². The van der Waals surface area contributed by atoms with E-state index < -0.39 is 5.97 Å². The van der Waals surface area contributed by atoms with Crippen LogP contribution < -0.4 is 5.32 Å². The molecule has 4 N–H and O–H groups in total. The van der Waals surface area contributed by atoms with Crippen LogP contribution in [0.1, 0.15) is 34.3 Å². The smallest absolute Gasteiger partial charge is 0.337 e. The molecule has 2 amide bonds. The van der Waals surface area contributed by atoms with Crippen LogP contribution >= 0.6 is 0 Å². The molecule has 1 aliphatic rings. The van der Waals surface area contributed by atoms with Gasteiger partial charge in [-0.1, -0.05) is 36.4 Å². The van der Waals surface area contributed by atoms with Crippen molar-refractivity contribution < 1.29 is 24.5 Å². The molecule has 9 heteroatoms. The second kappa shape index (κ2) is 10.8. The van der Waals surface area contributed by atoms with E-state index in [1.165, 1.54) is 7.11 Å². The molecule has 194 valence electrons. The number of aliphatic hydroxyl groups excluding tert-OH is 1. The summed E-state index contributed by atoms with van der Waals surface area (Å²) in [6.07, 6.45) is 1.67. The fraction of sp³-hybridized carbons (Fsp3) is 0.207. The fourth-order valence-corrected chi connectivity index (χ4v) is 4.77. The van der Waals surface area contributed by atoms with Gasteiger partial charge in [0, 0.05) is 28.7 Å². The summed E-state index contributed by atoms with van der Waals surface area (Å²) in [4.78, 5) is 34.1. The monoisotopic (exact) mass is 512 g/mol. The third-order valence-corrected chi connectivity index (χ3v) is 6.69. The van der Waals surface area contributed by atoms with E-state index >= 15 is 0 Å². The number of likely N-dealkylation sites (tertiary alicyclic amines) is 1. The number of aliphatic imine (C=N–C) groups is 1. The molecular weight excluding hydrogens is 484 g/mol. The number of ether oxygens (including phenoxy) is 1. The van der Waals surface area contributed by atoms with Crippen molar-refractivity contribution in [2.75, 3.05) is 25.6 Å². The third kappa shape index (κ3) is 4.96. The number of amides is 2. The first-order chi connectivity index (χ1) is 18.5. The van der Waals surface area contributed by atoms with Crippen LogP contribution in [-0.2, 0) is 4.74 Å². The molecule has 2 heterocycles. The average Bonchev–Trinajstić information content (AvgIpc) is 3.56. The van der Waals surface area contributed by atoms with Crippen LogP contribution in [0.25, 0.3) is 10.9 Å². The Morgan fingerprint density at radius 2 is 1.84 bits per heavy atom. The van der Waals surface area contributed by atoms with Gasteiger partial charge < -0.3 is 30.2 Å². The molecule has 4 aromatic rings. The van der Waals surface area contributed by atoms with Gasteiger partial charge in [-0.3, -0.25) is 0 Å². The van der Waals surface area contributed by atoms with Gasteiger partial charge in [0.15, 0.2) is 5.88 Å². The number of hydrogen-bond acceptors (Lipinski definition) is 6. The van der Waals surface area contributed by atoms with Crippen LogP contribution in [0.2, 0.25) is 0 Å². The van der Waals surface area contributed by atoms with Gasteiger partial charge in [0.2, 0.25) is 0 Å². The Bertz CT molecular complexity index is 1490. The number of aromatic nitrogens is 1. The third-order valence-electron chi connectivity index (χ3n) is 6.69. The second-order valence-electron chi connectivity index (χ2n) is 9.08. The molecule has 3 aromatic carbocycles. The van der Waals surface area contributed by atoms with Gasteiger partial charge in [-0.25, -0.2) is 14.6 Å². The lowest BCUT2D eigenvalue weighted by atomic mass is 10.00. The highest BCUT2D eigenvalue weighted by Gasteiger charge is 2.28. The zero-order valence-electron chi connectivity index (χ0n) is 20.8. The molecule has 0 spiro atoms. The zero-order valence-corrected chi connectivity index (χ0v) is 20.8. The van der Waals surface area contributed by atoms with E-state index in [1.54, 1.807) is 47.4 Å². The molecular formula is C29H28N4O5. The number of nitrogens with zero attached hydrogens (tertiary/aromatic N) is 2. The normalized spacial score (nSPS) is 15.6. The molecule has 1 saturated heterocycles. The van der Waals surface area contributed by atoms with E-state index in [0.29, 0.717) is 45.7 Å². The van der Waals surface area contributed by atoms with Crippen LogP contribution in [0.15, 0.2) is 77.8 Å². The minimum atomic E-state index is -0.469. The van der Waals surface area contributed by atoms with Gasteiger partial charge in [0.05, 0.1) is 42.3 Å². The summed E-state index contributed by atoms with van der Waals surface area (Å²) in [6.45, 7) is 0.573. The lowest BCUT2D eigenvalue weighted by Crippen LogP contribution is -2.40. The summed E-state index contributed by atoms with van der Waals surface area (Å²) in [7, 11) is 1.32. The fourth-order valence-electron chi connectivity index (χ4n) is 4.77. The number of rotatable bonds is 6. The van der Waals surface area contributed by atoms with Crippen LogP contribution in [0.3, 0.4) is 0 Å². The van der Waals surface area contributed by atoms with E-state index in [-0.39, 0.29) is 24.6 Å². The van der Waals surface area contributed by atoms with Crippen molar-refractivity contribution in [1.29, 1.82) is 0 Å². The molecule has 38 heavy (non-hydrogen) atoms. The maximum Gasteiger partial charge on any atom is 0.337 e. The van der Waals surface area contributed by atoms with Crippen LogP contribution in [0.4, 0.5) is 16.2 Å². The summed E-state index contributed by atoms with van der Waals surface area (Å²) in [5.41, 5.74) is 4.01. The standard InChI is InChI=1S/C29H28N4O5/c1-38-28(36)19-9-14-23-24(16-19)32-27(35)25(23)26(18-6-3-2-4-7-18)30-20-10-12-21(13-11-20)31-29(37)33-15-5-8-22(33)17-34/h2-4,6-7,9-14,16,22,32,34-35H,5,8,15,17H2,1H3,(H,31,37)/t22-/m0/s1. The first kappa shape index (κ1) is 25.0. The number of aromatic hydroxyl groups is 1. The topological polar surface area (TPSA) is 127 Å². The Balaban J connectivity index is 1.49. The molecule has 0 saturated carbocycles. The number of methoxy groups -OCH3 is 1. The first-order valence-corrected chi connectivity index (χ1v) is 12.3. The molecule has 0 radical (unpaired) electrons. The number of anilines is 1. The number of aliphatic hydroxyl groups is 1. The highest BCUT2D eigenvalue weighted by Crippen LogP contribution is 2.32. The average molecular weight is 513 g/mol. The van der Waals surface area contributed by atoms with Gasteiger partial charge in [-0.05, 0) is 49.2 Å². The lowest BCUT2D eigenvalue weighted by molar-refractivity contribution is 0.0601. The predicted octanol–water partition coefficient (Wildman–Crippen LogP) is 4.82. The molecule has 1 aliphatic heterocycles. The Labute approximate surface area is 219 Å². The number of benzene rings is 3. The van der Waals surface area contributed by atoms with Crippen molar-refractivity contribution in [2.24, 2.45) is 4.99 Å². The minimum absolute atomic E-state index is 0.0476. The number of nitrogens with one attached hydrogen (secondary N) is 2. The van der Waals surface area contributed by atoms with Crippen molar-refractivity contribution in [2.45, 2.75) is 18.9 Å². The van der Waals surface area contributed by atoms with Gasteiger partial charge in [-0.2, -0.15) is 0 Å². The van der Waals surface area contributed by atoms with Crippen LogP contribution in [0.5, 0.6) is 5.88 Å². The van der Waals surface area contributed by atoms with Gasteiger partial charge in [-0.15, -0.1) is 0 Å². The van der Waals surface area contributed by atoms with Crippen molar-refractivity contribution in [1.82, 2.24) is 9.88 Å². The SMILES string of the molecule is COC(=O)c1ccc2c(C(=Nc3ccc(NC(=O)N4CCC[C@H]4CO)cc3)c3ccccc3)c(O)[nH]c2c1. The van der Waals surface area contributed by atoms with E-state index in [0.717, 1.165) is 18.4 Å². The van der Waals surface area contributed by atoms with E-state index in [2.05, 4.69) is 10.3 Å². The molecule has 0 bridgehead atoms. The van der Waals surface area contributed by atoms with Crippen LogP contribution in [0, 0.1) is 0 Å². The highest BCUT2D eigenvalue weighted by molar-refractivity contribution is 6.22. The van der Waals surface area contributed by atoms with Crippen molar-refractivity contribution in [3.8, 4) is 5.88 Å². The maximum atomic E-state index is 12.7. The van der Waals surface area contributed by atoms with Crippen molar-refractivity contribution >= 4 is 40.0 Å². The summed E-state index contributed by atoms with van der Waals surface area (Å²) in [5, 5.41) is 24.0. The number of urea groups is 1. The Morgan fingerprint density at radius 3 is 2.55 bits per heavy atom. The number of hydrogen-bond donors (Lipinski definition) is 4. The maximum absolute atomic E-state index is 12.7. The van der Waals surface area contributed by atoms with Gasteiger partial charge in [0.25, 0.3) is 0 Å². The van der Waals surface area contributed by atoms with Crippen molar-refractivity contribution in [3.05, 3.63) is 89.5 Å². The number of H-pyrrole nitrogens is 1. The Morgan fingerprint density at radius 1 is 1.08 bits per heavy atom. The summed E-state index contributed by atoms with van der Waals surface area (Å²) >= 11 is 0. The number of aromatic amines is 1. The molecule has 1 atom stereocenters. The minimum Gasteiger partial charge on any atom is -0.494 e. The predicted molar refractivity (Wildman–Crippen MR) is 145 cm³/mol. The van der Waals surface area contributed by atoms with Crippen molar-refractivity contribution in [3.63, 3.8) is 0 Å². The van der Waals surface area contributed by atoms with Crippen LogP contribution in [-0.4, -0.2) is 64.1 Å². The molecule has 9 nitrogen and oxygen atoms in total. The summed E-state index contributed by atoms with van der Waals surface area (Å²) in [5.74, 6) is -0.541. The molecule has 1 aromatic heterocycles. The van der Waals surface area contributed by atoms with E-state index in [9.17, 15) is 19.8 Å². The highest BCUT2D eigenvalue weighted by atomic mass is 16.5. The lowest BCUT2D eigenvalue weighted by Gasteiger charge is -2.23. The molecule has 1 fully saturated rings. The van der Waals surface area contributed by atoms with E-state index in [1.807, 2.05) is 30.3 Å². The zero-order chi connectivity index (χ0) is 26.6. The molecule has 5 rings (SSSR count). The number of fused-ring (bicyclic) bond motifs is 1. The number of esters is 1. The summed E-state index contributed by atoms with van der Waals surface area (Å²) in [6, 6.07) is 21.2. The van der Waals surface area contributed by atoms with Gasteiger partial charge in [0.1, 0.15) is 0 Å². The quantitative estimate of drug-likeness (QED) is 0.218. The number of carbonyl (C=O) groups is 2.